The normalized spacial score (nSPS) is 17.5. The zero-order valence-corrected chi connectivity index (χ0v) is 19.7. The van der Waals surface area contributed by atoms with Gasteiger partial charge in [-0.2, -0.15) is 15.5 Å². The Morgan fingerprint density at radius 2 is 1.94 bits per heavy atom. The largest absolute Gasteiger partial charge is 0.341 e. The fourth-order valence-corrected chi connectivity index (χ4v) is 4.57. The number of carbonyl (C=O) groups is 1. The van der Waals surface area contributed by atoms with Crippen molar-refractivity contribution in [3.63, 3.8) is 0 Å². The molecule has 3 aromatic rings. The number of hydrogen-bond donors (Lipinski definition) is 1. The van der Waals surface area contributed by atoms with E-state index in [9.17, 15) is 13.6 Å². The number of nitrogens with one attached hydrogen (secondary N) is 1. The first-order chi connectivity index (χ1) is 17.4. The Morgan fingerprint density at radius 3 is 2.64 bits per heavy atom. The highest BCUT2D eigenvalue weighted by Crippen LogP contribution is 2.31. The fraction of sp³-hybridized carbons (Fsp3) is 0.333. The van der Waals surface area contributed by atoms with Gasteiger partial charge in [0, 0.05) is 50.1 Å². The second-order valence-corrected chi connectivity index (χ2v) is 8.71. The summed E-state index contributed by atoms with van der Waals surface area (Å²) in [5.41, 5.74) is 2.87. The van der Waals surface area contributed by atoms with Crippen molar-refractivity contribution in [3.8, 4) is 17.3 Å². The Kier molecular flexibility index (Phi) is 6.05. The van der Waals surface area contributed by atoms with E-state index < -0.39 is 17.7 Å². The molecule has 2 amide bonds. The lowest BCUT2D eigenvalue weighted by Crippen LogP contribution is -2.52. The molecule has 184 valence electrons. The van der Waals surface area contributed by atoms with Crippen molar-refractivity contribution >= 4 is 18.2 Å². The number of H-pyrrole nitrogens is 1. The van der Waals surface area contributed by atoms with Gasteiger partial charge in [0.1, 0.15) is 11.5 Å². The number of rotatable bonds is 3. The smallest absolute Gasteiger partial charge is 0.337 e. The van der Waals surface area contributed by atoms with Crippen molar-refractivity contribution in [1.82, 2.24) is 30.1 Å². The highest BCUT2D eigenvalue weighted by atomic mass is 19.1. The number of anilines is 1. The molecule has 1 N–H and O–H groups in total. The number of piperazine rings is 1. The Bertz CT molecular complexity index is 1370. The van der Waals surface area contributed by atoms with Crippen LogP contribution in [0, 0.1) is 36.8 Å². The maximum Gasteiger partial charge on any atom is 0.341 e. The fourth-order valence-electron chi connectivity index (χ4n) is 4.57. The molecular weight excluding hydrogens is 468 g/mol. The third kappa shape index (κ3) is 4.24. The van der Waals surface area contributed by atoms with Crippen LogP contribution in [0.3, 0.4) is 0 Å². The van der Waals surface area contributed by atoms with Gasteiger partial charge in [0.2, 0.25) is 5.95 Å². The van der Waals surface area contributed by atoms with Crippen LogP contribution in [0.15, 0.2) is 29.5 Å². The number of carbonyl (C=O) groups excluding carboxylic acids is 1. The molecule has 1 atom stereocenters. The Labute approximate surface area is 205 Å². The van der Waals surface area contributed by atoms with Crippen molar-refractivity contribution < 1.29 is 13.6 Å². The SMILES string of the molecule is Cc1n[nH]c(C)c1-c1nc(N2CCN(C(=O)N3N=CCC3c3cc(F)cc(C#N)c3)CC2)ncc1F. The molecule has 4 heterocycles. The molecule has 0 aliphatic carbocycles. The van der Waals surface area contributed by atoms with Crippen LogP contribution in [0.2, 0.25) is 0 Å². The molecule has 10 nitrogen and oxygen atoms in total. The van der Waals surface area contributed by atoms with Crippen LogP contribution in [-0.2, 0) is 0 Å². The molecule has 2 aromatic heterocycles. The van der Waals surface area contributed by atoms with E-state index in [-0.39, 0.29) is 17.3 Å². The quantitative estimate of drug-likeness (QED) is 0.601. The second kappa shape index (κ2) is 9.33. The monoisotopic (exact) mass is 491 g/mol. The van der Waals surface area contributed by atoms with E-state index in [0.717, 1.165) is 12.3 Å². The van der Waals surface area contributed by atoms with Crippen molar-refractivity contribution in [2.75, 3.05) is 31.1 Å². The van der Waals surface area contributed by atoms with Crippen LogP contribution >= 0.6 is 0 Å². The number of aryl methyl sites for hydroxylation is 2. The predicted molar refractivity (Wildman–Crippen MR) is 127 cm³/mol. The van der Waals surface area contributed by atoms with E-state index in [1.54, 1.807) is 31.0 Å². The van der Waals surface area contributed by atoms with Crippen LogP contribution in [0.1, 0.15) is 35.0 Å². The Balaban J connectivity index is 1.29. The van der Waals surface area contributed by atoms with Gasteiger partial charge >= 0.3 is 6.03 Å². The van der Waals surface area contributed by atoms with Gasteiger partial charge in [-0.15, -0.1) is 0 Å². The number of hydrogen-bond acceptors (Lipinski definition) is 7. The number of nitrogens with zero attached hydrogens (tertiary/aromatic N) is 8. The average molecular weight is 492 g/mol. The van der Waals surface area contributed by atoms with Gasteiger partial charge in [0.05, 0.1) is 29.6 Å². The molecule has 2 aliphatic heterocycles. The van der Waals surface area contributed by atoms with Crippen molar-refractivity contribution in [3.05, 3.63) is 58.5 Å². The number of amides is 2. The maximum atomic E-state index is 14.6. The average Bonchev–Trinajstić information content (AvgIpc) is 3.50. The van der Waals surface area contributed by atoms with Crippen molar-refractivity contribution in [2.45, 2.75) is 26.3 Å². The number of urea groups is 1. The molecule has 5 rings (SSSR count). The van der Waals surface area contributed by atoms with Gasteiger partial charge in [0.25, 0.3) is 0 Å². The number of hydrazone groups is 1. The summed E-state index contributed by atoms with van der Waals surface area (Å²) >= 11 is 0. The van der Waals surface area contributed by atoms with Gasteiger partial charge in [-0.3, -0.25) is 5.10 Å². The molecule has 1 aromatic carbocycles. The van der Waals surface area contributed by atoms with E-state index in [1.807, 2.05) is 11.0 Å². The van der Waals surface area contributed by atoms with E-state index in [4.69, 9.17) is 5.26 Å². The molecule has 0 radical (unpaired) electrons. The molecule has 1 unspecified atom stereocenters. The highest BCUT2D eigenvalue weighted by molar-refractivity contribution is 5.79. The first-order valence-electron chi connectivity index (χ1n) is 11.5. The summed E-state index contributed by atoms with van der Waals surface area (Å²) in [5.74, 6) is -0.689. The first kappa shape index (κ1) is 23.3. The molecule has 1 fully saturated rings. The molecule has 0 saturated carbocycles. The summed E-state index contributed by atoms with van der Waals surface area (Å²) < 4.78 is 28.5. The summed E-state index contributed by atoms with van der Waals surface area (Å²) in [6.07, 6.45) is 3.20. The van der Waals surface area contributed by atoms with E-state index in [0.29, 0.717) is 61.1 Å². The molecule has 0 spiro atoms. The first-order valence-corrected chi connectivity index (χ1v) is 11.5. The highest BCUT2D eigenvalue weighted by Gasteiger charge is 2.34. The lowest BCUT2D eigenvalue weighted by atomic mass is 10.0. The standard InChI is InChI=1S/C24H23F2N9O/c1-14-21(15(2)32-31-14)22-19(26)13-28-23(30-22)33-5-7-34(8-6-33)24(36)35-20(3-4-29-35)17-9-16(12-27)10-18(25)11-17/h4,9-11,13,20H,3,5-8H2,1-2H3,(H,31,32). The molecular formula is C24H23F2N9O. The summed E-state index contributed by atoms with van der Waals surface area (Å²) in [4.78, 5) is 25.5. The van der Waals surface area contributed by atoms with Gasteiger partial charge < -0.3 is 9.80 Å². The number of aromatic nitrogens is 4. The maximum absolute atomic E-state index is 14.6. The van der Waals surface area contributed by atoms with Crippen LogP contribution < -0.4 is 4.90 Å². The lowest BCUT2D eigenvalue weighted by molar-refractivity contribution is 0.139. The van der Waals surface area contributed by atoms with E-state index in [2.05, 4.69) is 25.3 Å². The third-order valence-electron chi connectivity index (χ3n) is 6.39. The third-order valence-corrected chi connectivity index (χ3v) is 6.39. The topological polar surface area (TPSA) is 117 Å². The Hall–Kier alpha value is -4.40. The number of benzene rings is 1. The van der Waals surface area contributed by atoms with Crippen LogP contribution in [0.25, 0.3) is 11.3 Å². The molecule has 2 aliphatic rings. The summed E-state index contributed by atoms with van der Waals surface area (Å²) in [6, 6.07) is 5.21. The lowest BCUT2D eigenvalue weighted by Gasteiger charge is -2.37. The Morgan fingerprint density at radius 1 is 1.17 bits per heavy atom. The number of nitriles is 1. The summed E-state index contributed by atoms with van der Waals surface area (Å²) in [5, 5.41) is 21.7. The summed E-state index contributed by atoms with van der Waals surface area (Å²) in [6.45, 7) is 5.24. The van der Waals surface area contributed by atoms with E-state index in [1.165, 1.54) is 11.1 Å². The van der Waals surface area contributed by atoms with Crippen LogP contribution in [0.4, 0.5) is 19.5 Å². The van der Waals surface area contributed by atoms with Crippen LogP contribution in [-0.4, -0.2) is 68.5 Å². The van der Waals surface area contributed by atoms with Crippen molar-refractivity contribution in [2.24, 2.45) is 5.10 Å². The van der Waals surface area contributed by atoms with E-state index >= 15 is 0 Å². The van der Waals surface area contributed by atoms with Gasteiger partial charge in [0.15, 0.2) is 5.82 Å². The minimum absolute atomic E-state index is 0.184. The second-order valence-electron chi connectivity index (χ2n) is 8.71. The zero-order chi connectivity index (χ0) is 25.4. The molecule has 1 saturated heterocycles. The van der Waals surface area contributed by atoms with Crippen molar-refractivity contribution in [1.29, 1.82) is 5.26 Å². The number of aromatic amines is 1. The minimum atomic E-state index is -0.532. The molecule has 36 heavy (non-hydrogen) atoms. The van der Waals surface area contributed by atoms with Crippen LogP contribution in [0.5, 0.6) is 0 Å². The molecule has 12 heteroatoms. The predicted octanol–water partition coefficient (Wildman–Crippen LogP) is 3.31. The number of halogens is 2. The van der Waals surface area contributed by atoms with Gasteiger partial charge in [-0.1, -0.05) is 0 Å². The van der Waals surface area contributed by atoms with Gasteiger partial charge in [-0.25, -0.2) is 28.6 Å². The minimum Gasteiger partial charge on any atom is -0.337 e. The zero-order valence-electron chi connectivity index (χ0n) is 19.7. The molecule has 0 bridgehead atoms. The van der Waals surface area contributed by atoms with Gasteiger partial charge in [-0.05, 0) is 37.6 Å². The summed E-state index contributed by atoms with van der Waals surface area (Å²) in [7, 11) is 0.